The molecular weight excluding hydrogens is 306 g/mol. The van der Waals surface area contributed by atoms with Crippen molar-refractivity contribution in [3.8, 4) is 0 Å². The van der Waals surface area contributed by atoms with Crippen LogP contribution < -0.4 is 10.9 Å². The SMILES string of the molecule is Cc1cc2ccccc2c(=O)n1CC(=O)NCCN1CCOCC1. The van der Waals surface area contributed by atoms with Crippen molar-refractivity contribution in [2.75, 3.05) is 39.4 Å². The first kappa shape index (κ1) is 16.7. The first-order valence-corrected chi connectivity index (χ1v) is 8.31. The van der Waals surface area contributed by atoms with Gasteiger partial charge in [0, 0.05) is 37.3 Å². The summed E-state index contributed by atoms with van der Waals surface area (Å²) in [4.78, 5) is 27.0. The number of hydrogen-bond acceptors (Lipinski definition) is 4. The minimum atomic E-state index is -0.135. The molecule has 1 amide bonds. The van der Waals surface area contributed by atoms with E-state index < -0.39 is 0 Å². The molecule has 1 saturated heterocycles. The van der Waals surface area contributed by atoms with Crippen molar-refractivity contribution < 1.29 is 9.53 Å². The Morgan fingerprint density at radius 3 is 2.79 bits per heavy atom. The van der Waals surface area contributed by atoms with Crippen LogP contribution in [0.15, 0.2) is 35.1 Å². The molecule has 6 nitrogen and oxygen atoms in total. The molecule has 0 atom stereocenters. The van der Waals surface area contributed by atoms with E-state index in [1.807, 2.05) is 31.2 Å². The fourth-order valence-electron chi connectivity index (χ4n) is 3.00. The van der Waals surface area contributed by atoms with Gasteiger partial charge < -0.3 is 14.6 Å². The van der Waals surface area contributed by atoms with Crippen LogP contribution in [0, 0.1) is 6.92 Å². The van der Waals surface area contributed by atoms with E-state index in [9.17, 15) is 9.59 Å². The fourth-order valence-corrected chi connectivity index (χ4v) is 3.00. The Bertz CT molecular complexity index is 779. The van der Waals surface area contributed by atoms with E-state index in [-0.39, 0.29) is 18.0 Å². The van der Waals surface area contributed by atoms with Crippen LogP contribution in [-0.4, -0.2) is 54.8 Å². The minimum Gasteiger partial charge on any atom is -0.379 e. The summed E-state index contributed by atoms with van der Waals surface area (Å²) in [6.07, 6.45) is 0. The molecule has 0 unspecified atom stereocenters. The maximum absolute atomic E-state index is 12.6. The van der Waals surface area contributed by atoms with E-state index in [1.54, 1.807) is 6.07 Å². The normalized spacial score (nSPS) is 15.5. The second-order valence-corrected chi connectivity index (χ2v) is 6.07. The number of aryl methyl sites for hydroxylation is 1. The van der Waals surface area contributed by atoms with Crippen molar-refractivity contribution in [1.29, 1.82) is 0 Å². The number of nitrogens with zero attached hydrogens (tertiary/aromatic N) is 2. The Hall–Kier alpha value is -2.18. The van der Waals surface area contributed by atoms with Crippen molar-refractivity contribution >= 4 is 16.7 Å². The van der Waals surface area contributed by atoms with E-state index in [0.29, 0.717) is 11.9 Å². The van der Waals surface area contributed by atoms with Gasteiger partial charge in [0.25, 0.3) is 5.56 Å². The zero-order valence-electron chi connectivity index (χ0n) is 14.0. The summed E-state index contributed by atoms with van der Waals surface area (Å²) < 4.78 is 6.83. The summed E-state index contributed by atoms with van der Waals surface area (Å²) in [7, 11) is 0. The van der Waals surface area contributed by atoms with Crippen LogP contribution in [0.1, 0.15) is 5.69 Å². The molecule has 6 heteroatoms. The molecular formula is C18H23N3O3. The van der Waals surface area contributed by atoms with Gasteiger partial charge in [0.1, 0.15) is 6.54 Å². The van der Waals surface area contributed by atoms with Gasteiger partial charge in [-0.1, -0.05) is 18.2 Å². The van der Waals surface area contributed by atoms with Crippen LogP contribution in [0.4, 0.5) is 0 Å². The van der Waals surface area contributed by atoms with Gasteiger partial charge in [-0.05, 0) is 24.4 Å². The predicted molar refractivity (Wildman–Crippen MR) is 93.2 cm³/mol. The first-order chi connectivity index (χ1) is 11.6. The number of rotatable bonds is 5. The average Bonchev–Trinajstić information content (AvgIpc) is 2.59. The molecule has 0 spiro atoms. The van der Waals surface area contributed by atoms with Crippen LogP contribution in [0.2, 0.25) is 0 Å². The topological polar surface area (TPSA) is 63.6 Å². The number of fused-ring (bicyclic) bond motifs is 1. The van der Waals surface area contributed by atoms with E-state index in [0.717, 1.165) is 43.9 Å². The number of nitrogens with one attached hydrogen (secondary N) is 1. The third-order valence-electron chi connectivity index (χ3n) is 4.38. The number of pyridine rings is 1. The molecule has 2 aromatic rings. The van der Waals surface area contributed by atoms with Crippen LogP contribution in [0.25, 0.3) is 10.8 Å². The van der Waals surface area contributed by atoms with Crippen LogP contribution in [0.5, 0.6) is 0 Å². The first-order valence-electron chi connectivity index (χ1n) is 8.31. The van der Waals surface area contributed by atoms with E-state index >= 15 is 0 Å². The summed E-state index contributed by atoms with van der Waals surface area (Å²) in [5, 5.41) is 4.45. The maximum atomic E-state index is 12.6. The highest BCUT2D eigenvalue weighted by molar-refractivity contribution is 5.82. The monoisotopic (exact) mass is 329 g/mol. The Kier molecular flexibility index (Phi) is 5.27. The van der Waals surface area contributed by atoms with Gasteiger partial charge in [0.2, 0.25) is 5.91 Å². The summed E-state index contributed by atoms with van der Waals surface area (Å²) >= 11 is 0. The molecule has 3 rings (SSSR count). The van der Waals surface area contributed by atoms with Gasteiger partial charge in [-0.15, -0.1) is 0 Å². The highest BCUT2D eigenvalue weighted by atomic mass is 16.5. The number of aromatic nitrogens is 1. The summed E-state index contributed by atoms with van der Waals surface area (Å²) in [5.41, 5.74) is 0.677. The van der Waals surface area contributed by atoms with Crippen molar-refractivity contribution in [2.45, 2.75) is 13.5 Å². The van der Waals surface area contributed by atoms with Gasteiger partial charge in [0.05, 0.1) is 13.2 Å². The third kappa shape index (κ3) is 3.83. The van der Waals surface area contributed by atoms with Gasteiger partial charge in [-0.3, -0.25) is 14.5 Å². The molecule has 0 bridgehead atoms. The fraction of sp³-hybridized carbons (Fsp3) is 0.444. The molecule has 1 aromatic heterocycles. The molecule has 1 aliphatic rings. The maximum Gasteiger partial charge on any atom is 0.259 e. The Morgan fingerprint density at radius 1 is 1.25 bits per heavy atom. The lowest BCUT2D eigenvalue weighted by Crippen LogP contribution is -2.42. The lowest BCUT2D eigenvalue weighted by Gasteiger charge is -2.26. The second-order valence-electron chi connectivity index (χ2n) is 6.07. The van der Waals surface area contributed by atoms with Crippen LogP contribution in [-0.2, 0) is 16.1 Å². The van der Waals surface area contributed by atoms with E-state index in [4.69, 9.17) is 4.74 Å². The van der Waals surface area contributed by atoms with Gasteiger partial charge in [-0.2, -0.15) is 0 Å². The molecule has 0 radical (unpaired) electrons. The molecule has 0 saturated carbocycles. The number of carbonyl (C=O) groups is 1. The Balaban J connectivity index is 1.61. The predicted octanol–water partition coefficient (Wildman–Crippen LogP) is 0.758. The number of ether oxygens (including phenoxy) is 1. The quantitative estimate of drug-likeness (QED) is 0.880. The third-order valence-corrected chi connectivity index (χ3v) is 4.38. The smallest absolute Gasteiger partial charge is 0.259 e. The molecule has 1 aliphatic heterocycles. The molecule has 1 N–H and O–H groups in total. The minimum absolute atomic E-state index is 0.0542. The van der Waals surface area contributed by atoms with Gasteiger partial charge in [-0.25, -0.2) is 0 Å². The number of morpholine rings is 1. The van der Waals surface area contributed by atoms with Gasteiger partial charge >= 0.3 is 0 Å². The van der Waals surface area contributed by atoms with Gasteiger partial charge in [0.15, 0.2) is 0 Å². The molecule has 1 fully saturated rings. The van der Waals surface area contributed by atoms with Crippen molar-refractivity contribution in [3.63, 3.8) is 0 Å². The van der Waals surface area contributed by atoms with Crippen LogP contribution >= 0.6 is 0 Å². The van der Waals surface area contributed by atoms with Crippen molar-refractivity contribution in [2.24, 2.45) is 0 Å². The molecule has 128 valence electrons. The number of benzene rings is 1. The van der Waals surface area contributed by atoms with E-state index in [1.165, 1.54) is 4.57 Å². The second kappa shape index (κ2) is 7.59. The Morgan fingerprint density at radius 2 is 2.00 bits per heavy atom. The number of amides is 1. The molecule has 1 aromatic carbocycles. The average molecular weight is 329 g/mol. The highest BCUT2D eigenvalue weighted by Gasteiger charge is 2.12. The lowest BCUT2D eigenvalue weighted by atomic mass is 10.1. The van der Waals surface area contributed by atoms with Crippen molar-refractivity contribution in [3.05, 3.63) is 46.4 Å². The van der Waals surface area contributed by atoms with E-state index in [2.05, 4.69) is 10.2 Å². The van der Waals surface area contributed by atoms with Crippen molar-refractivity contribution in [1.82, 2.24) is 14.8 Å². The molecule has 0 aliphatic carbocycles. The van der Waals surface area contributed by atoms with Crippen LogP contribution in [0.3, 0.4) is 0 Å². The summed E-state index contributed by atoms with van der Waals surface area (Å²) in [6.45, 7) is 6.60. The molecule has 24 heavy (non-hydrogen) atoms. The summed E-state index contributed by atoms with van der Waals surface area (Å²) in [5.74, 6) is -0.135. The molecule has 2 heterocycles. The Labute approximate surface area is 141 Å². The standard InChI is InChI=1S/C18H23N3O3/c1-14-12-15-4-2-3-5-16(15)18(23)21(14)13-17(22)19-6-7-20-8-10-24-11-9-20/h2-5,12H,6-11,13H2,1H3,(H,19,22). The number of hydrogen-bond donors (Lipinski definition) is 1. The number of carbonyl (C=O) groups excluding carboxylic acids is 1. The summed E-state index contributed by atoms with van der Waals surface area (Å²) in [6, 6.07) is 9.40. The zero-order chi connectivity index (χ0) is 16.9. The largest absolute Gasteiger partial charge is 0.379 e. The highest BCUT2D eigenvalue weighted by Crippen LogP contribution is 2.11. The zero-order valence-corrected chi connectivity index (χ0v) is 14.0. The lowest BCUT2D eigenvalue weighted by molar-refractivity contribution is -0.121.